The molecule has 2 aromatic rings. The first-order valence-electron chi connectivity index (χ1n) is 6.71. The fraction of sp³-hybridized carbons (Fsp3) is 0.357. The van der Waals surface area contributed by atoms with Crippen molar-refractivity contribution in [2.75, 3.05) is 11.9 Å². The third-order valence-corrected chi connectivity index (χ3v) is 2.86. The van der Waals surface area contributed by atoms with Gasteiger partial charge in [0.15, 0.2) is 5.82 Å². The zero-order chi connectivity index (χ0) is 15.2. The second-order valence-corrected chi connectivity index (χ2v) is 4.55. The summed E-state index contributed by atoms with van der Waals surface area (Å²) in [5.74, 6) is 0.839. The van der Waals surface area contributed by atoms with Gasteiger partial charge in [0.05, 0.1) is 0 Å². The smallest absolute Gasteiger partial charge is 0.319 e. The summed E-state index contributed by atoms with van der Waals surface area (Å²) in [4.78, 5) is 15.8. The van der Waals surface area contributed by atoms with E-state index in [0.29, 0.717) is 42.4 Å². The number of benzene rings is 1. The maximum absolute atomic E-state index is 13.1. The molecule has 0 aliphatic carbocycles. The Kier molecular flexibility index (Phi) is 4.86. The first kappa shape index (κ1) is 15.0. The topological polar surface area (TPSA) is 80.0 Å². The summed E-state index contributed by atoms with van der Waals surface area (Å²) < 4.78 is 18.1. The molecule has 112 valence electrons. The SMILES string of the molecule is CCc1nc(CCNC(=O)Nc2ccc(F)c(C)c2)no1. The van der Waals surface area contributed by atoms with Crippen LogP contribution in [0.1, 0.15) is 24.2 Å². The van der Waals surface area contributed by atoms with Crippen LogP contribution in [-0.4, -0.2) is 22.7 Å². The highest BCUT2D eigenvalue weighted by Gasteiger charge is 2.06. The summed E-state index contributed by atoms with van der Waals surface area (Å²) in [6.45, 7) is 3.95. The zero-order valence-electron chi connectivity index (χ0n) is 11.9. The van der Waals surface area contributed by atoms with E-state index in [-0.39, 0.29) is 11.8 Å². The van der Waals surface area contributed by atoms with Gasteiger partial charge < -0.3 is 15.2 Å². The first-order chi connectivity index (χ1) is 10.1. The maximum Gasteiger partial charge on any atom is 0.319 e. The van der Waals surface area contributed by atoms with E-state index in [0.717, 1.165) is 0 Å². The summed E-state index contributed by atoms with van der Waals surface area (Å²) >= 11 is 0. The standard InChI is InChI=1S/C14H17FN4O2/c1-3-13-18-12(19-21-13)6-7-16-14(20)17-10-4-5-11(15)9(2)8-10/h4-5,8H,3,6-7H2,1-2H3,(H2,16,17,20). The molecule has 0 aliphatic rings. The molecule has 0 saturated carbocycles. The molecular formula is C14H17FN4O2. The molecule has 2 amide bonds. The van der Waals surface area contributed by atoms with Crippen molar-refractivity contribution in [3.05, 3.63) is 41.3 Å². The minimum atomic E-state index is -0.361. The van der Waals surface area contributed by atoms with Crippen molar-refractivity contribution in [3.8, 4) is 0 Å². The van der Waals surface area contributed by atoms with E-state index in [9.17, 15) is 9.18 Å². The van der Waals surface area contributed by atoms with Gasteiger partial charge in [-0.1, -0.05) is 12.1 Å². The predicted octanol–water partition coefficient (Wildman–Crippen LogP) is 2.44. The van der Waals surface area contributed by atoms with Gasteiger partial charge in [-0.2, -0.15) is 4.98 Å². The lowest BCUT2D eigenvalue weighted by Crippen LogP contribution is -2.30. The lowest BCUT2D eigenvalue weighted by molar-refractivity contribution is 0.252. The number of anilines is 1. The number of nitrogens with one attached hydrogen (secondary N) is 2. The molecule has 0 fully saturated rings. The van der Waals surface area contributed by atoms with Crippen LogP contribution in [0.15, 0.2) is 22.7 Å². The molecule has 2 N–H and O–H groups in total. The largest absolute Gasteiger partial charge is 0.339 e. The van der Waals surface area contributed by atoms with Gasteiger partial charge in [-0.25, -0.2) is 9.18 Å². The van der Waals surface area contributed by atoms with Crippen LogP contribution in [0.5, 0.6) is 0 Å². The van der Waals surface area contributed by atoms with Crippen molar-refractivity contribution in [1.29, 1.82) is 0 Å². The van der Waals surface area contributed by atoms with Gasteiger partial charge in [0.1, 0.15) is 5.82 Å². The summed E-state index contributed by atoms with van der Waals surface area (Å²) in [6.07, 6.45) is 1.17. The van der Waals surface area contributed by atoms with Gasteiger partial charge in [-0.05, 0) is 30.7 Å². The van der Waals surface area contributed by atoms with Crippen molar-refractivity contribution < 1.29 is 13.7 Å². The molecule has 7 heteroatoms. The van der Waals surface area contributed by atoms with E-state index < -0.39 is 0 Å². The fourth-order valence-corrected chi connectivity index (χ4v) is 1.72. The normalized spacial score (nSPS) is 10.4. The second kappa shape index (κ2) is 6.83. The van der Waals surface area contributed by atoms with Crippen molar-refractivity contribution in [1.82, 2.24) is 15.5 Å². The highest BCUT2D eigenvalue weighted by Crippen LogP contribution is 2.13. The number of aromatic nitrogens is 2. The van der Waals surface area contributed by atoms with Crippen LogP contribution < -0.4 is 10.6 Å². The second-order valence-electron chi connectivity index (χ2n) is 4.55. The number of rotatable bonds is 5. The number of carbonyl (C=O) groups excluding carboxylic acids is 1. The Labute approximate surface area is 121 Å². The van der Waals surface area contributed by atoms with E-state index in [1.54, 1.807) is 13.0 Å². The number of hydrogen-bond acceptors (Lipinski definition) is 4. The molecule has 1 heterocycles. The lowest BCUT2D eigenvalue weighted by atomic mass is 10.2. The van der Waals surface area contributed by atoms with Crippen molar-refractivity contribution >= 4 is 11.7 Å². The molecule has 21 heavy (non-hydrogen) atoms. The Morgan fingerprint density at radius 1 is 1.43 bits per heavy atom. The zero-order valence-corrected chi connectivity index (χ0v) is 11.9. The third kappa shape index (κ3) is 4.27. The van der Waals surface area contributed by atoms with E-state index in [4.69, 9.17) is 4.52 Å². The van der Waals surface area contributed by atoms with Crippen LogP contribution in [0.3, 0.4) is 0 Å². The molecule has 0 atom stereocenters. The predicted molar refractivity (Wildman–Crippen MR) is 75.5 cm³/mol. The first-order valence-corrected chi connectivity index (χ1v) is 6.71. The van der Waals surface area contributed by atoms with Gasteiger partial charge in [0.2, 0.25) is 5.89 Å². The van der Waals surface area contributed by atoms with E-state index in [1.807, 2.05) is 6.92 Å². The quantitative estimate of drug-likeness (QED) is 0.887. The molecule has 6 nitrogen and oxygen atoms in total. The molecule has 0 unspecified atom stereocenters. The maximum atomic E-state index is 13.1. The van der Waals surface area contributed by atoms with Gasteiger partial charge in [0.25, 0.3) is 0 Å². The molecule has 0 aliphatic heterocycles. The van der Waals surface area contributed by atoms with Crippen LogP contribution in [-0.2, 0) is 12.8 Å². The fourth-order valence-electron chi connectivity index (χ4n) is 1.72. The Hall–Kier alpha value is -2.44. The number of hydrogen-bond donors (Lipinski definition) is 2. The molecule has 0 radical (unpaired) electrons. The van der Waals surface area contributed by atoms with Crippen molar-refractivity contribution in [3.63, 3.8) is 0 Å². The Bertz CT molecular complexity index is 627. The number of halogens is 1. The number of urea groups is 1. The minimum absolute atomic E-state index is 0.301. The van der Waals surface area contributed by atoms with Crippen molar-refractivity contribution in [2.45, 2.75) is 26.7 Å². The number of carbonyl (C=O) groups is 1. The Balaban J connectivity index is 1.78. The highest BCUT2D eigenvalue weighted by atomic mass is 19.1. The molecule has 1 aromatic carbocycles. The molecule has 0 saturated heterocycles. The monoisotopic (exact) mass is 292 g/mol. The average molecular weight is 292 g/mol. The van der Waals surface area contributed by atoms with Gasteiger partial charge >= 0.3 is 6.03 Å². The van der Waals surface area contributed by atoms with Crippen LogP contribution in [0.4, 0.5) is 14.9 Å². The van der Waals surface area contributed by atoms with Crippen LogP contribution >= 0.6 is 0 Å². The molecule has 0 spiro atoms. The minimum Gasteiger partial charge on any atom is -0.339 e. The average Bonchev–Trinajstić information content (AvgIpc) is 2.91. The van der Waals surface area contributed by atoms with E-state index in [2.05, 4.69) is 20.8 Å². The van der Waals surface area contributed by atoms with E-state index >= 15 is 0 Å². The molecule has 1 aromatic heterocycles. The summed E-state index contributed by atoms with van der Waals surface area (Å²) in [6, 6.07) is 4.03. The van der Waals surface area contributed by atoms with Crippen molar-refractivity contribution in [2.24, 2.45) is 0 Å². The number of nitrogens with zero attached hydrogens (tertiary/aromatic N) is 2. The summed E-state index contributed by atoms with van der Waals surface area (Å²) in [5, 5.41) is 9.10. The van der Waals surface area contributed by atoms with Crippen LogP contribution in [0.25, 0.3) is 0 Å². The van der Waals surface area contributed by atoms with Crippen LogP contribution in [0, 0.1) is 12.7 Å². The van der Waals surface area contributed by atoms with E-state index in [1.165, 1.54) is 12.1 Å². The molecule has 0 bridgehead atoms. The number of amides is 2. The number of aryl methyl sites for hydroxylation is 2. The molecular weight excluding hydrogens is 275 g/mol. The Morgan fingerprint density at radius 2 is 2.24 bits per heavy atom. The van der Waals surface area contributed by atoms with Gasteiger partial charge in [-0.15, -0.1) is 0 Å². The highest BCUT2D eigenvalue weighted by molar-refractivity contribution is 5.89. The molecule has 2 rings (SSSR count). The lowest BCUT2D eigenvalue weighted by Gasteiger charge is -2.07. The summed E-state index contributed by atoms with van der Waals surface area (Å²) in [5.41, 5.74) is 1.02. The Morgan fingerprint density at radius 3 is 2.90 bits per heavy atom. The third-order valence-electron chi connectivity index (χ3n) is 2.86. The van der Waals surface area contributed by atoms with Crippen LogP contribution in [0.2, 0.25) is 0 Å². The summed E-state index contributed by atoms with van der Waals surface area (Å²) in [7, 11) is 0. The van der Waals surface area contributed by atoms with Gasteiger partial charge in [0, 0.05) is 25.1 Å². The van der Waals surface area contributed by atoms with Gasteiger partial charge in [-0.3, -0.25) is 0 Å².